The van der Waals surface area contributed by atoms with Crippen molar-refractivity contribution in [2.45, 2.75) is 58.2 Å². The Bertz CT molecular complexity index is 276. The number of epoxide rings is 1. The van der Waals surface area contributed by atoms with Gasteiger partial charge in [-0.15, -0.1) is 0 Å². The molecule has 2 rings (SSSR count). The number of allylic oxidation sites excluding steroid dienone is 1. The van der Waals surface area contributed by atoms with E-state index < -0.39 is 5.60 Å². The third-order valence-electron chi connectivity index (χ3n) is 4.22. The molecule has 0 saturated carbocycles. The third kappa shape index (κ3) is 1.98. The van der Waals surface area contributed by atoms with Crippen LogP contribution >= 0.6 is 0 Å². The molecule has 2 atom stereocenters. The molecule has 0 bridgehead atoms. The molecule has 1 fully saturated rings. The SMILES string of the molecule is CC1=CCCC(C)(C)C1(O)CCC1CO1. The Morgan fingerprint density at radius 3 is 2.73 bits per heavy atom. The number of ether oxygens (including phenoxy) is 1. The summed E-state index contributed by atoms with van der Waals surface area (Å²) in [4.78, 5) is 0. The summed E-state index contributed by atoms with van der Waals surface area (Å²) in [6.07, 6.45) is 6.62. The van der Waals surface area contributed by atoms with Gasteiger partial charge in [-0.1, -0.05) is 19.9 Å². The van der Waals surface area contributed by atoms with Crippen LogP contribution in [0.3, 0.4) is 0 Å². The van der Waals surface area contributed by atoms with E-state index in [-0.39, 0.29) is 5.41 Å². The first-order chi connectivity index (χ1) is 6.96. The van der Waals surface area contributed by atoms with Gasteiger partial charge in [0.05, 0.1) is 18.3 Å². The van der Waals surface area contributed by atoms with Crippen molar-refractivity contribution in [3.63, 3.8) is 0 Å². The second kappa shape index (κ2) is 3.60. The summed E-state index contributed by atoms with van der Waals surface area (Å²) >= 11 is 0. The molecule has 0 spiro atoms. The summed E-state index contributed by atoms with van der Waals surface area (Å²) in [5, 5.41) is 10.8. The van der Waals surface area contributed by atoms with E-state index in [2.05, 4.69) is 26.8 Å². The molecular weight excluding hydrogens is 188 g/mol. The lowest BCUT2D eigenvalue weighted by atomic mass is 9.63. The van der Waals surface area contributed by atoms with Gasteiger partial charge in [0.1, 0.15) is 0 Å². The van der Waals surface area contributed by atoms with Crippen molar-refractivity contribution < 1.29 is 9.84 Å². The zero-order chi connectivity index (χ0) is 11.1. The molecule has 0 aromatic rings. The van der Waals surface area contributed by atoms with Crippen LogP contribution in [0.15, 0.2) is 11.6 Å². The first-order valence-corrected chi connectivity index (χ1v) is 5.97. The van der Waals surface area contributed by atoms with Crippen molar-refractivity contribution in [2.75, 3.05) is 6.61 Å². The van der Waals surface area contributed by atoms with Gasteiger partial charge in [0.25, 0.3) is 0 Å². The summed E-state index contributed by atoms with van der Waals surface area (Å²) in [5.41, 5.74) is 0.539. The van der Waals surface area contributed by atoms with Crippen LogP contribution in [0.1, 0.15) is 46.5 Å². The van der Waals surface area contributed by atoms with Crippen molar-refractivity contribution >= 4 is 0 Å². The van der Waals surface area contributed by atoms with E-state index in [1.165, 1.54) is 0 Å². The minimum atomic E-state index is -0.614. The Morgan fingerprint density at radius 1 is 1.53 bits per heavy atom. The Hall–Kier alpha value is -0.340. The topological polar surface area (TPSA) is 32.8 Å². The van der Waals surface area contributed by atoms with E-state index >= 15 is 0 Å². The normalized spacial score (nSPS) is 38.7. The molecule has 86 valence electrons. The van der Waals surface area contributed by atoms with Crippen LogP contribution in [0.2, 0.25) is 0 Å². The first-order valence-electron chi connectivity index (χ1n) is 5.97. The Morgan fingerprint density at radius 2 is 2.20 bits per heavy atom. The summed E-state index contributed by atoms with van der Waals surface area (Å²) < 4.78 is 5.22. The van der Waals surface area contributed by atoms with E-state index in [1.54, 1.807) is 0 Å². The minimum absolute atomic E-state index is 0.000718. The van der Waals surface area contributed by atoms with Crippen molar-refractivity contribution in [2.24, 2.45) is 5.41 Å². The number of rotatable bonds is 3. The van der Waals surface area contributed by atoms with Crippen LogP contribution in [-0.2, 0) is 4.74 Å². The third-order valence-corrected chi connectivity index (χ3v) is 4.22. The van der Waals surface area contributed by atoms with Crippen LogP contribution in [0.25, 0.3) is 0 Å². The zero-order valence-corrected chi connectivity index (χ0v) is 10.0. The number of hydrogen-bond acceptors (Lipinski definition) is 2. The number of aliphatic hydroxyl groups is 1. The fraction of sp³-hybridized carbons (Fsp3) is 0.846. The predicted octanol–water partition coefficient (Wildman–Crippen LogP) is 2.66. The smallest absolute Gasteiger partial charge is 0.0905 e. The molecule has 15 heavy (non-hydrogen) atoms. The molecule has 0 radical (unpaired) electrons. The maximum absolute atomic E-state index is 10.8. The predicted molar refractivity (Wildman–Crippen MR) is 60.7 cm³/mol. The fourth-order valence-corrected chi connectivity index (χ4v) is 2.70. The maximum Gasteiger partial charge on any atom is 0.0905 e. The quantitative estimate of drug-likeness (QED) is 0.574. The van der Waals surface area contributed by atoms with Crippen LogP contribution in [0.5, 0.6) is 0 Å². The van der Waals surface area contributed by atoms with Gasteiger partial charge < -0.3 is 9.84 Å². The zero-order valence-electron chi connectivity index (χ0n) is 10.0. The van der Waals surface area contributed by atoms with E-state index in [9.17, 15) is 5.11 Å². The standard InChI is InChI=1S/C13H22O2/c1-10-5-4-7-12(2,3)13(10,14)8-6-11-9-15-11/h5,11,14H,4,6-9H2,1-3H3. The average molecular weight is 210 g/mol. The summed E-state index contributed by atoms with van der Waals surface area (Å²) in [7, 11) is 0. The Labute approximate surface area is 92.3 Å². The molecule has 0 aromatic heterocycles. The molecule has 2 unspecified atom stereocenters. The lowest BCUT2D eigenvalue weighted by molar-refractivity contribution is -0.0540. The molecule has 1 aliphatic heterocycles. The molecule has 1 saturated heterocycles. The van der Waals surface area contributed by atoms with E-state index in [1.807, 2.05) is 0 Å². The van der Waals surface area contributed by atoms with Gasteiger partial charge in [0.15, 0.2) is 0 Å². The highest BCUT2D eigenvalue weighted by molar-refractivity contribution is 5.22. The van der Waals surface area contributed by atoms with Gasteiger partial charge >= 0.3 is 0 Å². The highest BCUT2D eigenvalue weighted by atomic mass is 16.6. The monoisotopic (exact) mass is 210 g/mol. The van der Waals surface area contributed by atoms with Crippen molar-refractivity contribution in [1.29, 1.82) is 0 Å². The summed E-state index contributed by atoms with van der Waals surface area (Å²) in [5.74, 6) is 0. The largest absolute Gasteiger partial charge is 0.385 e. The molecule has 2 heteroatoms. The van der Waals surface area contributed by atoms with Crippen LogP contribution in [0, 0.1) is 5.41 Å². The van der Waals surface area contributed by atoms with Gasteiger partial charge in [-0.25, -0.2) is 0 Å². The second-order valence-electron chi connectivity index (χ2n) is 5.66. The second-order valence-corrected chi connectivity index (χ2v) is 5.66. The first kappa shape index (κ1) is 11.2. The Balaban J connectivity index is 2.11. The fourth-order valence-electron chi connectivity index (χ4n) is 2.70. The molecule has 0 amide bonds. The van der Waals surface area contributed by atoms with Gasteiger partial charge in [0.2, 0.25) is 0 Å². The van der Waals surface area contributed by atoms with Gasteiger partial charge in [-0.3, -0.25) is 0 Å². The highest BCUT2D eigenvalue weighted by Gasteiger charge is 2.46. The molecule has 1 aliphatic carbocycles. The van der Waals surface area contributed by atoms with Crippen LogP contribution in [0.4, 0.5) is 0 Å². The summed E-state index contributed by atoms with van der Waals surface area (Å²) in [6, 6.07) is 0. The average Bonchev–Trinajstić information content (AvgIpc) is 2.94. The van der Waals surface area contributed by atoms with Crippen molar-refractivity contribution in [3.05, 3.63) is 11.6 Å². The molecule has 2 aliphatic rings. The molecule has 2 nitrogen and oxygen atoms in total. The maximum atomic E-state index is 10.8. The van der Waals surface area contributed by atoms with Gasteiger partial charge in [-0.05, 0) is 43.6 Å². The molecule has 1 N–H and O–H groups in total. The van der Waals surface area contributed by atoms with E-state index in [4.69, 9.17) is 4.74 Å². The lowest BCUT2D eigenvalue weighted by Gasteiger charge is -2.46. The molecule has 0 aromatic carbocycles. The lowest BCUT2D eigenvalue weighted by Crippen LogP contribution is -2.47. The Kier molecular flexibility index (Phi) is 2.68. The van der Waals surface area contributed by atoms with E-state index in [0.29, 0.717) is 6.10 Å². The van der Waals surface area contributed by atoms with Gasteiger partial charge in [0, 0.05) is 0 Å². The van der Waals surface area contributed by atoms with Crippen LogP contribution in [-0.4, -0.2) is 23.4 Å². The highest BCUT2D eigenvalue weighted by Crippen LogP contribution is 2.47. The number of hydrogen-bond donors (Lipinski definition) is 1. The minimum Gasteiger partial charge on any atom is -0.385 e. The van der Waals surface area contributed by atoms with Crippen molar-refractivity contribution in [1.82, 2.24) is 0 Å². The van der Waals surface area contributed by atoms with Crippen molar-refractivity contribution in [3.8, 4) is 0 Å². The van der Waals surface area contributed by atoms with Gasteiger partial charge in [-0.2, -0.15) is 0 Å². The summed E-state index contributed by atoms with van der Waals surface area (Å²) in [6.45, 7) is 7.31. The molecular formula is C13H22O2. The van der Waals surface area contributed by atoms with Crippen LogP contribution < -0.4 is 0 Å². The van der Waals surface area contributed by atoms with E-state index in [0.717, 1.165) is 37.9 Å². The molecule has 1 heterocycles.